The largest absolute Gasteiger partial charge is 0.491 e. The minimum Gasteiger partial charge on any atom is -0.491 e. The Hall–Kier alpha value is -12.0. The zero-order chi connectivity index (χ0) is 101. The van der Waals surface area contributed by atoms with E-state index in [0.717, 1.165) is 229 Å². The number of hydrogen-bond donors (Lipinski definition) is 1. The molecule has 6 heterocycles. The molecule has 0 bridgehead atoms. The molecule has 0 amide bonds. The van der Waals surface area contributed by atoms with Gasteiger partial charge in [-0.15, -0.1) is 11.8 Å². The zero-order valence-corrected chi connectivity index (χ0v) is 88.0. The summed E-state index contributed by atoms with van der Waals surface area (Å²) in [6.07, 6.45) is 25.5. The van der Waals surface area contributed by atoms with E-state index in [1.165, 1.54) is 146 Å². The highest BCUT2D eigenvalue weighted by atomic mass is 32.2. The van der Waals surface area contributed by atoms with Crippen LogP contribution in [0, 0.1) is 0 Å². The van der Waals surface area contributed by atoms with Gasteiger partial charge in [-0.25, -0.2) is 0 Å². The topological polar surface area (TPSA) is 216 Å². The fraction of sp³-hybridized carbons (Fsp3) is 0.367. The van der Waals surface area contributed by atoms with Crippen molar-refractivity contribution in [1.82, 2.24) is 0 Å². The van der Waals surface area contributed by atoms with Crippen LogP contribution in [-0.4, -0.2) is 153 Å². The van der Waals surface area contributed by atoms with Crippen LogP contribution in [-0.2, 0) is 50.9 Å². The molecule has 21 aromatic rings. The predicted octanol–water partition coefficient (Wildman–Crippen LogP) is 34.0. The summed E-state index contributed by atoms with van der Waals surface area (Å²) in [5, 5.41) is 34.8. The Morgan fingerprint density at radius 3 is 1.01 bits per heavy atom. The van der Waals surface area contributed by atoms with Gasteiger partial charge in [0.25, 0.3) is 0 Å². The van der Waals surface area contributed by atoms with E-state index in [-0.39, 0.29) is 18.2 Å². The van der Waals surface area contributed by atoms with Crippen LogP contribution in [0.5, 0.6) is 5.75 Å². The summed E-state index contributed by atoms with van der Waals surface area (Å²) in [5.74, 6) is 9.22. The Morgan fingerprint density at radius 2 is 0.601 bits per heavy atom. The number of aliphatic hydroxyl groups excluding tert-OH is 1. The van der Waals surface area contributed by atoms with Gasteiger partial charge < -0.3 is 74.2 Å². The second kappa shape index (κ2) is 51.5. The summed E-state index contributed by atoms with van der Waals surface area (Å²) in [6, 6.07) is 76.8. The SMILES string of the molecule is C=S(CCC)CCCc1ccc2cc3oc4cc5c(cc4c3cc2c1)oc1cc2ccc(SCCCCCCC)cc2cc15.CCCCCCCCC(=O)c1ccc2cc3oc4cc5c(cc4c3cc2c1)oc1cc2ccc(C(=O)CCCCCCCC)cc2cc15.COCCOCCOCCOCCOc1ccc2cc3oc4cc5c(cc4c3cc2c1)oc1cc2ccc(COCCOCCOCCOCCO)cc2cc15. The maximum Gasteiger partial charge on any atom is 0.162 e. The fourth-order valence-electron chi connectivity index (χ4n) is 20.4. The standard InChI is InChI=1S/C44H50O12.C44H46O4.C40H42O2S2/c1-46-8-9-48-12-13-50-16-17-52-20-21-54-36-5-4-33-27-42-38(25-35(33)23-36)40-29-43-39(28-44(40)56-42)37-24-34-22-31(2-3-32(34)26-41(37)55-43)30-53-19-18-51-15-14-49-11-10-47-7-6-45;1-3-5-7-9-11-13-15-39(45)31-19-17-29-25-41-35(23-33(29)21-31)37-27-44-38(28-43(37)47-41)36-24-34-22-32(20-18-30(34)26-42(36)48-44)40(46)16-14-12-10-8-6-4-2;1-4-6-7-8-9-16-43-32-15-14-29-24-38-34(22-31(29)20-32)36-26-39-35(25-40(36)42-38)33-21-30-19-27(11-10-18-44(3)17-5-2)12-13-28(30)23-37(33)41-39/h2-5,22-29,45H,6-21,30H2,1H3;17-28H,3-16H2,1-2H3;12-15,19-26H,3-11,16-18H2,1-2H3. The molecular formula is C128H138O18S2. The van der Waals surface area contributed by atoms with Crippen molar-refractivity contribution in [3.05, 3.63) is 241 Å². The molecule has 1 unspecified atom stereocenters. The molecule has 0 saturated carbocycles. The van der Waals surface area contributed by atoms with Crippen LogP contribution in [0.25, 0.3) is 196 Å². The van der Waals surface area contributed by atoms with Crippen molar-refractivity contribution >= 4 is 236 Å². The summed E-state index contributed by atoms with van der Waals surface area (Å²) in [5.41, 5.74) is 14.3. The predicted molar refractivity (Wildman–Crippen MR) is 614 cm³/mol. The molecule has 0 radical (unpaired) electrons. The molecule has 6 aromatic heterocycles. The molecule has 21 rings (SSSR count). The molecule has 20 heteroatoms. The molecule has 770 valence electrons. The molecule has 0 saturated heterocycles. The molecule has 0 aliphatic heterocycles. The third-order valence-corrected chi connectivity index (χ3v) is 31.3. The lowest BCUT2D eigenvalue weighted by Crippen LogP contribution is -2.13. The average Bonchev–Trinajstić information content (AvgIpc) is 1.58. The van der Waals surface area contributed by atoms with Crippen LogP contribution in [0.1, 0.15) is 194 Å². The van der Waals surface area contributed by atoms with Crippen molar-refractivity contribution in [3.8, 4) is 5.75 Å². The molecule has 0 aliphatic carbocycles. The first-order valence-electron chi connectivity index (χ1n) is 53.8. The quantitative estimate of drug-likeness (QED) is 0.0162. The number of thioether (sulfide) groups is 1. The Morgan fingerprint density at radius 1 is 0.284 bits per heavy atom. The second-order valence-electron chi connectivity index (χ2n) is 39.3. The summed E-state index contributed by atoms with van der Waals surface area (Å²) in [7, 11) is 1.95. The number of aliphatic hydroxyl groups is 1. The van der Waals surface area contributed by atoms with Crippen LogP contribution in [0.2, 0.25) is 0 Å². The maximum absolute atomic E-state index is 13.0. The van der Waals surface area contributed by atoms with Crippen LogP contribution in [0.3, 0.4) is 0 Å². The van der Waals surface area contributed by atoms with Gasteiger partial charge in [0.05, 0.1) is 106 Å². The van der Waals surface area contributed by atoms with Crippen molar-refractivity contribution in [1.29, 1.82) is 0 Å². The molecule has 148 heavy (non-hydrogen) atoms. The van der Waals surface area contributed by atoms with Gasteiger partial charge in [0.15, 0.2) is 11.6 Å². The molecule has 0 fully saturated rings. The number of aryl methyl sites for hydroxylation is 1. The number of hydrogen-bond acceptors (Lipinski definition) is 19. The molecule has 15 aromatic carbocycles. The minimum absolute atomic E-state index is 0.0181. The van der Waals surface area contributed by atoms with Crippen LogP contribution >= 0.6 is 22.2 Å². The fourth-order valence-corrected chi connectivity index (χ4v) is 22.7. The van der Waals surface area contributed by atoms with E-state index in [1.807, 2.05) is 54.2 Å². The number of unbranched alkanes of at least 4 members (excludes halogenated alkanes) is 14. The Labute approximate surface area is 870 Å². The number of methoxy groups -OCH3 is 1. The number of benzene rings is 15. The number of carbonyl (C=O) groups excluding carboxylic acids is 2. The summed E-state index contributed by atoms with van der Waals surface area (Å²) < 4.78 is 88.2. The first kappa shape index (κ1) is 105. The lowest BCUT2D eigenvalue weighted by molar-refractivity contribution is -0.00742. The molecule has 1 atom stereocenters. The van der Waals surface area contributed by atoms with Crippen molar-refractivity contribution in [2.45, 2.75) is 180 Å². The van der Waals surface area contributed by atoms with Gasteiger partial charge in [-0.2, -0.15) is 10.5 Å². The van der Waals surface area contributed by atoms with Crippen molar-refractivity contribution in [3.63, 3.8) is 0 Å². The van der Waals surface area contributed by atoms with Gasteiger partial charge >= 0.3 is 0 Å². The number of ketones is 2. The Balaban J connectivity index is 0.000000141. The third-order valence-electron chi connectivity index (χ3n) is 28.4. The molecule has 0 spiro atoms. The van der Waals surface area contributed by atoms with Crippen molar-refractivity contribution in [2.75, 3.05) is 130 Å². The van der Waals surface area contributed by atoms with E-state index in [0.29, 0.717) is 129 Å². The van der Waals surface area contributed by atoms with E-state index < -0.39 is 0 Å². The number of furan rings is 6. The molecule has 0 aliphatic rings. The first-order chi connectivity index (χ1) is 72.8. The van der Waals surface area contributed by atoms with Gasteiger partial charge in [0.1, 0.15) is 79.4 Å². The first-order valence-corrected chi connectivity index (χ1v) is 56.5. The van der Waals surface area contributed by atoms with E-state index in [2.05, 4.69) is 209 Å². The van der Waals surface area contributed by atoms with Gasteiger partial charge in [-0.3, -0.25) is 9.59 Å². The highest BCUT2D eigenvalue weighted by Gasteiger charge is 2.23. The number of carbonyl (C=O) groups is 2. The monoisotopic (exact) mass is 2030 g/mol. The average molecular weight is 2030 g/mol. The minimum atomic E-state index is 0.0181. The van der Waals surface area contributed by atoms with E-state index in [9.17, 15) is 9.59 Å². The lowest BCUT2D eigenvalue weighted by Gasteiger charge is -2.09. The summed E-state index contributed by atoms with van der Waals surface area (Å²) in [6.45, 7) is 16.8. The van der Waals surface area contributed by atoms with Gasteiger partial charge in [-0.1, -0.05) is 190 Å². The number of Topliss-reactive ketones (excluding diaryl/α,β-unsaturated/α-hetero) is 2. The molecular weight excluding hydrogens is 1890 g/mol. The smallest absolute Gasteiger partial charge is 0.162 e. The third kappa shape index (κ3) is 25.8. The number of ether oxygens (including phenoxy) is 9. The summed E-state index contributed by atoms with van der Waals surface area (Å²) in [4.78, 5) is 27.4. The Kier molecular flexibility index (Phi) is 36.4. The van der Waals surface area contributed by atoms with Gasteiger partial charge in [0, 0.05) is 101 Å². The van der Waals surface area contributed by atoms with E-state index in [1.54, 1.807) is 7.11 Å². The van der Waals surface area contributed by atoms with E-state index >= 15 is 0 Å². The number of rotatable bonds is 55. The van der Waals surface area contributed by atoms with Crippen LogP contribution in [0.15, 0.2) is 250 Å². The zero-order valence-electron chi connectivity index (χ0n) is 86.4. The highest BCUT2D eigenvalue weighted by Crippen LogP contribution is 2.45. The van der Waals surface area contributed by atoms with Gasteiger partial charge in [-0.05, 0) is 283 Å². The molecule has 18 nitrogen and oxygen atoms in total. The highest BCUT2D eigenvalue weighted by molar-refractivity contribution is 8.14. The van der Waals surface area contributed by atoms with Crippen LogP contribution in [0.4, 0.5) is 0 Å². The van der Waals surface area contributed by atoms with Crippen LogP contribution < -0.4 is 4.74 Å². The maximum atomic E-state index is 13.0. The summed E-state index contributed by atoms with van der Waals surface area (Å²) >= 11 is 1.98. The second-order valence-corrected chi connectivity index (χ2v) is 42.5. The molecule has 1 N–H and O–H groups in total. The van der Waals surface area contributed by atoms with E-state index in [4.69, 9.17) is 74.2 Å². The Bertz CT molecular complexity index is 7890. The lowest BCUT2D eigenvalue weighted by atomic mass is 9.98. The van der Waals surface area contributed by atoms with Gasteiger partial charge in [0.2, 0.25) is 0 Å². The normalized spacial score (nSPS) is 12.3. The van der Waals surface area contributed by atoms with Crippen molar-refractivity contribution < 1.29 is 83.8 Å². The number of fused-ring (bicyclic) bond motifs is 24. The van der Waals surface area contributed by atoms with Crippen molar-refractivity contribution in [2.24, 2.45) is 0 Å².